The fourth-order valence-electron chi connectivity index (χ4n) is 2.26. The maximum atomic E-state index is 3.89. The largest absolute Gasteiger partial charge is 0.133 e. The van der Waals surface area contributed by atoms with Crippen molar-refractivity contribution in [2.75, 3.05) is 0 Å². The summed E-state index contributed by atoms with van der Waals surface area (Å²) in [4.78, 5) is 0. The summed E-state index contributed by atoms with van der Waals surface area (Å²) in [5, 5.41) is 3.02. The Morgan fingerprint density at radius 2 is 1.87 bits per heavy atom. The Morgan fingerprint density at radius 3 is 2.33 bits per heavy atom. The molecule has 1 aliphatic carbocycles. The summed E-state index contributed by atoms with van der Waals surface area (Å²) < 4.78 is 0. The van der Waals surface area contributed by atoms with Crippen molar-refractivity contribution < 1.29 is 0 Å². The van der Waals surface area contributed by atoms with Crippen molar-refractivity contribution in [3.63, 3.8) is 0 Å². The number of allylic oxidation sites excluding steroid dienone is 1. The first-order valence-corrected chi connectivity index (χ1v) is 8.62. The van der Waals surface area contributed by atoms with Crippen LogP contribution in [-0.2, 0) is 0 Å². The summed E-state index contributed by atoms with van der Waals surface area (Å²) in [6.07, 6.45) is 2.70. The fourth-order valence-corrected chi connectivity index (χ4v) is 5.35. The lowest BCUT2D eigenvalue weighted by Crippen LogP contribution is -2.44. The molecule has 0 aromatic heterocycles. The highest BCUT2D eigenvalue weighted by Crippen LogP contribution is 2.40. The van der Waals surface area contributed by atoms with Crippen LogP contribution in [-0.4, -0.2) is 8.07 Å². The Bertz CT molecular complexity index is 393. The van der Waals surface area contributed by atoms with Gasteiger partial charge >= 0.3 is 0 Å². The third kappa shape index (κ3) is 1.99. The zero-order valence-corrected chi connectivity index (χ0v) is 10.6. The van der Waals surface area contributed by atoms with Gasteiger partial charge < -0.3 is 0 Å². The molecule has 0 nitrogen and oxygen atoms in total. The molecule has 0 saturated heterocycles. The normalized spacial score (nSPS) is 15.9. The van der Waals surface area contributed by atoms with E-state index in [9.17, 15) is 0 Å². The first-order chi connectivity index (χ1) is 7.16. The highest BCUT2D eigenvalue weighted by molar-refractivity contribution is 6.95. The molecule has 1 aromatic carbocycles. The van der Waals surface area contributed by atoms with Crippen LogP contribution < -0.4 is 5.19 Å². The quantitative estimate of drug-likeness (QED) is 0.535. The summed E-state index contributed by atoms with van der Waals surface area (Å²) in [5.41, 5.74) is 3.23. The number of benzene rings is 1. The van der Waals surface area contributed by atoms with Crippen molar-refractivity contribution in [2.45, 2.75) is 25.9 Å². The smallest absolute Gasteiger partial charge is 0.117 e. The second kappa shape index (κ2) is 3.84. The van der Waals surface area contributed by atoms with Crippen LogP contribution in [0.15, 0.2) is 47.8 Å². The van der Waals surface area contributed by atoms with Gasteiger partial charge in [0, 0.05) is 0 Å². The van der Waals surface area contributed by atoms with Crippen LogP contribution in [0.25, 0.3) is 0 Å². The molecule has 0 amide bonds. The number of hydrogen-bond acceptors (Lipinski definition) is 0. The minimum atomic E-state index is -1.47. The van der Waals surface area contributed by atoms with E-state index in [-0.39, 0.29) is 0 Å². The van der Waals surface area contributed by atoms with Crippen molar-refractivity contribution in [2.24, 2.45) is 5.92 Å². The SMILES string of the molecule is C=C=C(C1CC1)[Si](C)(C)c1ccccc1. The molecule has 1 saturated carbocycles. The second-order valence-corrected chi connectivity index (χ2v) is 9.22. The van der Waals surface area contributed by atoms with Gasteiger partial charge in [-0.05, 0) is 24.0 Å². The van der Waals surface area contributed by atoms with E-state index >= 15 is 0 Å². The predicted molar refractivity (Wildman–Crippen MR) is 68.9 cm³/mol. The Hall–Kier alpha value is -1.04. The third-order valence-electron chi connectivity index (χ3n) is 3.34. The molecule has 0 atom stereocenters. The molecular weight excluding hydrogens is 196 g/mol. The number of hydrogen-bond donors (Lipinski definition) is 0. The molecule has 1 fully saturated rings. The van der Waals surface area contributed by atoms with Crippen LogP contribution >= 0.6 is 0 Å². The van der Waals surface area contributed by atoms with Crippen molar-refractivity contribution >= 4 is 13.3 Å². The maximum Gasteiger partial charge on any atom is 0.117 e. The summed E-state index contributed by atoms with van der Waals surface area (Å²) in [6.45, 7) is 8.71. The summed E-state index contributed by atoms with van der Waals surface area (Å²) in [5.74, 6) is 0.796. The van der Waals surface area contributed by atoms with Crippen LogP contribution in [0.4, 0.5) is 0 Å². The van der Waals surface area contributed by atoms with Crippen molar-refractivity contribution in [1.82, 2.24) is 0 Å². The number of rotatable bonds is 3. The summed E-state index contributed by atoms with van der Waals surface area (Å²) in [7, 11) is -1.47. The van der Waals surface area contributed by atoms with Crippen LogP contribution in [0.3, 0.4) is 0 Å². The van der Waals surface area contributed by atoms with Gasteiger partial charge in [-0.25, -0.2) is 0 Å². The molecule has 0 N–H and O–H groups in total. The lowest BCUT2D eigenvalue weighted by atomic mass is 10.4. The van der Waals surface area contributed by atoms with Gasteiger partial charge in [0.05, 0.1) is 0 Å². The van der Waals surface area contributed by atoms with Gasteiger partial charge in [-0.2, -0.15) is 0 Å². The minimum Gasteiger partial charge on any atom is -0.133 e. The molecule has 0 bridgehead atoms. The van der Waals surface area contributed by atoms with Gasteiger partial charge in [0.25, 0.3) is 0 Å². The zero-order valence-electron chi connectivity index (χ0n) is 9.59. The van der Waals surface area contributed by atoms with E-state index < -0.39 is 8.07 Å². The van der Waals surface area contributed by atoms with E-state index in [0.29, 0.717) is 0 Å². The summed E-state index contributed by atoms with van der Waals surface area (Å²) in [6, 6.07) is 10.9. The molecule has 0 radical (unpaired) electrons. The Labute approximate surface area is 93.3 Å². The Kier molecular flexibility index (Phi) is 2.68. The average Bonchev–Trinajstić information content (AvgIpc) is 3.04. The van der Waals surface area contributed by atoms with E-state index in [2.05, 4.69) is 55.7 Å². The molecule has 15 heavy (non-hydrogen) atoms. The summed E-state index contributed by atoms with van der Waals surface area (Å²) >= 11 is 0. The second-order valence-electron chi connectivity index (χ2n) is 4.86. The molecule has 1 aromatic rings. The maximum absolute atomic E-state index is 3.89. The zero-order chi connectivity index (χ0) is 10.9. The van der Waals surface area contributed by atoms with Crippen molar-refractivity contribution in [3.8, 4) is 0 Å². The first kappa shape index (κ1) is 10.5. The molecule has 0 unspecified atom stereocenters. The van der Waals surface area contributed by atoms with Gasteiger partial charge in [0.1, 0.15) is 8.07 Å². The van der Waals surface area contributed by atoms with Gasteiger partial charge in [-0.15, -0.1) is 5.73 Å². The van der Waals surface area contributed by atoms with E-state index in [1.165, 1.54) is 23.2 Å². The van der Waals surface area contributed by atoms with Crippen molar-refractivity contribution in [1.29, 1.82) is 0 Å². The lowest BCUT2D eigenvalue weighted by Gasteiger charge is -2.25. The average molecular weight is 214 g/mol. The van der Waals surface area contributed by atoms with Gasteiger partial charge in [-0.3, -0.25) is 0 Å². The van der Waals surface area contributed by atoms with E-state index in [4.69, 9.17) is 0 Å². The Morgan fingerprint density at radius 1 is 1.27 bits per heavy atom. The topological polar surface area (TPSA) is 0 Å². The van der Waals surface area contributed by atoms with E-state index in [0.717, 1.165) is 5.92 Å². The van der Waals surface area contributed by atoms with Crippen molar-refractivity contribution in [3.05, 3.63) is 47.8 Å². The van der Waals surface area contributed by atoms with Crippen LogP contribution in [0.2, 0.25) is 13.1 Å². The lowest BCUT2D eigenvalue weighted by molar-refractivity contribution is 1.08. The van der Waals surface area contributed by atoms with Gasteiger partial charge in [-0.1, -0.05) is 55.2 Å². The molecule has 2 rings (SSSR count). The molecule has 1 aliphatic rings. The van der Waals surface area contributed by atoms with Crippen LogP contribution in [0, 0.1) is 5.92 Å². The molecule has 0 heterocycles. The van der Waals surface area contributed by atoms with Gasteiger partial charge in [0.15, 0.2) is 0 Å². The van der Waals surface area contributed by atoms with E-state index in [1.807, 2.05) is 0 Å². The van der Waals surface area contributed by atoms with E-state index in [1.54, 1.807) is 0 Å². The molecule has 1 heteroatoms. The highest BCUT2D eigenvalue weighted by atomic mass is 28.3. The molecule has 0 spiro atoms. The standard InChI is InChI=1S/C14H18Si/c1-4-14(12-10-11-12)15(2,3)13-8-6-5-7-9-13/h5-9,12H,1,10-11H2,2-3H3. The monoisotopic (exact) mass is 214 g/mol. The minimum absolute atomic E-state index is 0.796. The predicted octanol–water partition coefficient (Wildman–Crippen LogP) is 3.26. The Balaban J connectivity index is 2.37. The molecule has 0 aliphatic heterocycles. The molecular formula is C14H18Si. The third-order valence-corrected chi connectivity index (χ3v) is 7.05. The molecule has 78 valence electrons. The first-order valence-electron chi connectivity index (χ1n) is 5.62. The highest BCUT2D eigenvalue weighted by Gasteiger charge is 2.37. The van der Waals surface area contributed by atoms with Crippen LogP contribution in [0.1, 0.15) is 12.8 Å². The van der Waals surface area contributed by atoms with Gasteiger partial charge in [0.2, 0.25) is 0 Å². The fraction of sp³-hybridized carbons (Fsp3) is 0.357. The van der Waals surface area contributed by atoms with Crippen LogP contribution in [0.5, 0.6) is 0 Å².